The first-order chi connectivity index (χ1) is 18.2. The molecule has 0 aliphatic carbocycles. The van der Waals surface area contributed by atoms with Gasteiger partial charge in [-0.2, -0.15) is 26.3 Å². The number of alkyl halides is 6. The zero-order chi connectivity index (χ0) is 28.8. The van der Waals surface area contributed by atoms with Crippen molar-refractivity contribution in [1.82, 2.24) is 5.32 Å². The molecule has 0 radical (unpaired) electrons. The van der Waals surface area contributed by atoms with Crippen LogP contribution in [0, 0.1) is 11.8 Å². The smallest absolute Gasteiger partial charge is 0.369 e. The summed E-state index contributed by atoms with van der Waals surface area (Å²) in [6.07, 6.45) is -15.8. The van der Waals surface area contributed by atoms with Gasteiger partial charge in [-0.05, 0) is 25.3 Å². The van der Waals surface area contributed by atoms with Crippen molar-refractivity contribution in [2.24, 2.45) is 22.6 Å². The maximum atomic E-state index is 13.3. The van der Waals surface area contributed by atoms with E-state index in [0.29, 0.717) is 22.5 Å². The summed E-state index contributed by atoms with van der Waals surface area (Å²) in [5, 5.41) is 4.90. The Morgan fingerprint density at radius 3 is 2.13 bits per heavy atom. The van der Waals surface area contributed by atoms with Crippen molar-refractivity contribution in [1.29, 1.82) is 0 Å². The molecule has 3 amide bonds. The number of nitrogens with zero attached hydrogens (tertiary/aromatic N) is 1. The molecule has 1 aliphatic rings. The molecule has 0 spiro atoms. The van der Waals surface area contributed by atoms with Gasteiger partial charge >= 0.3 is 12.4 Å². The summed E-state index contributed by atoms with van der Waals surface area (Å²) in [6.45, 7) is 0. The predicted molar refractivity (Wildman–Crippen MR) is 130 cm³/mol. The summed E-state index contributed by atoms with van der Waals surface area (Å²) in [5.74, 6) is -6.54. The van der Waals surface area contributed by atoms with Crippen LogP contribution in [-0.4, -0.2) is 42.0 Å². The summed E-state index contributed by atoms with van der Waals surface area (Å²) in [7, 11) is 0. The van der Waals surface area contributed by atoms with Crippen LogP contribution in [0.1, 0.15) is 43.2 Å². The van der Waals surface area contributed by atoms with Crippen molar-refractivity contribution in [3.05, 3.63) is 65.7 Å². The molecule has 1 unspecified atom stereocenters. The SMILES string of the molecule is NC(=O)[C@@H](CCCC(F)(F)F)[C@@H](CCC(F)(F)F)C(=O)NC1N=C(c2ccccc2)c2ccccc2NC1=O. The minimum Gasteiger partial charge on any atom is -0.369 e. The van der Waals surface area contributed by atoms with Gasteiger partial charge in [0.25, 0.3) is 5.91 Å². The highest BCUT2D eigenvalue weighted by molar-refractivity contribution is 6.19. The zero-order valence-electron chi connectivity index (χ0n) is 20.5. The maximum Gasteiger partial charge on any atom is 0.389 e. The van der Waals surface area contributed by atoms with Gasteiger partial charge in [-0.15, -0.1) is 0 Å². The molecule has 3 rings (SSSR count). The average molecular weight is 557 g/mol. The lowest BCUT2D eigenvalue weighted by atomic mass is 9.83. The molecule has 0 saturated carbocycles. The van der Waals surface area contributed by atoms with Crippen LogP contribution < -0.4 is 16.4 Å². The minimum absolute atomic E-state index is 0.304. The van der Waals surface area contributed by atoms with E-state index in [1.807, 2.05) is 0 Å². The number of nitrogens with two attached hydrogens (primary N) is 1. The third-order valence-corrected chi connectivity index (χ3v) is 6.17. The third kappa shape index (κ3) is 8.55. The van der Waals surface area contributed by atoms with Gasteiger partial charge in [-0.3, -0.25) is 14.4 Å². The van der Waals surface area contributed by atoms with Crippen LogP contribution in [0.5, 0.6) is 0 Å². The number of anilines is 1. The second-order valence-corrected chi connectivity index (χ2v) is 9.07. The lowest BCUT2D eigenvalue weighted by molar-refractivity contribution is -0.147. The Labute approximate surface area is 219 Å². The van der Waals surface area contributed by atoms with E-state index in [0.717, 1.165) is 0 Å². The van der Waals surface area contributed by atoms with Crippen LogP contribution in [0.25, 0.3) is 0 Å². The zero-order valence-corrected chi connectivity index (χ0v) is 20.5. The molecule has 0 saturated heterocycles. The number of carbonyl (C=O) groups is 3. The highest BCUT2D eigenvalue weighted by Gasteiger charge is 2.39. The van der Waals surface area contributed by atoms with Crippen LogP contribution in [0.2, 0.25) is 0 Å². The normalized spacial score (nSPS) is 17.2. The monoisotopic (exact) mass is 556 g/mol. The van der Waals surface area contributed by atoms with E-state index in [4.69, 9.17) is 5.73 Å². The molecule has 2 aromatic rings. The number of hydrogen-bond acceptors (Lipinski definition) is 4. The molecular weight excluding hydrogens is 530 g/mol. The van der Waals surface area contributed by atoms with Crippen LogP contribution in [0.4, 0.5) is 32.0 Å². The number of carbonyl (C=O) groups excluding carboxylic acids is 3. The summed E-state index contributed by atoms with van der Waals surface area (Å²) in [6, 6.07) is 15.3. The van der Waals surface area contributed by atoms with Gasteiger partial charge in [0, 0.05) is 35.8 Å². The molecule has 39 heavy (non-hydrogen) atoms. The number of halogens is 6. The highest BCUT2D eigenvalue weighted by atomic mass is 19.4. The highest BCUT2D eigenvalue weighted by Crippen LogP contribution is 2.32. The summed E-state index contributed by atoms with van der Waals surface area (Å²) in [5.41, 5.74) is 7.09. The number of fused-ring (bicyclic) bond motifs is 1. The Morgan fingerprint density at radius 1 is 0.897 bits per heavy atom. The lowest BCUT2D eigenvalue weighted by Crippen LogP contribution is -2.48. The first kappa shape index (κ1) is 29.7. The molecule has 13 heteroatoms. The fourth-order valence-corrected chi connectivity index (χ4v) is 4.32. The third-order valence-electron chi connectivity index (χ3n) is 6.17. The van der Waals surface area contributed by atoms with E-state index in [-0.39, 0.29) is 0 Å². The number of para-hydroxylation sites is 1. The Hall–Kier alpha value is -3.90. The van der Waals surface area contributed by atoms with Gasteiger partial charge in [-0.1, -0.05) is 48.5 Å². The molecule has 7 nitrogen and oxygen atoms in total. The van der Waals surface area contributed by atoms with Crippen LogP contribution >= 0.6 is 0 Å². The van der Waals surface area contributed by atoms with Crippen molar-refractivity contribution in [2.45, 2.75) is 50.6 Å². The number of benzodiazepines with no additional fused rings is 1. The molecule has 0 fully saturated rings. The van der Waals surface area contributed by atoms with Crippen molar-refractivity contribution < 1.29 is 40.7 Å². The number of hydrogen-bond donors (Lipinski definition) is 3. The number of benzene rings is 2. The Kier molecular flexibility index (Phi) is 9.36. The first-order valence-electron chi connectivity index (χ1n) is 12.0. The molecule has 0 bridgehead atoms. The second kappa shape index (κ2) is 12.3. The topological polar surface area (TPSA) is 114 Å². The fourth-order valence-electron chi connectivity index (χ4n) is 4.32. The van der Waals surface area contributed by atoms with Gasteiger partial charge in [0.1, 0.15) is 0 Å². The molecule has 1 aliphatic heterocycles. The molecule has 210 valence electrons. The standard InChI is InChI=1S/C26H26F6N4O3/c27-25(28,29)13-6-10-16(21(33)37)17(12-14-26(30,31)32)23(38)36-22-24(39)34-19-11-5-4-9-18(19)20(35-22)15-7-2-1-3-8-15/h1-5,7-9,11,16-17,22H,6,10,12-14H2,(H2,33,37)(H,34,39)(H,36,38)/t16-,17+,22?/m0/s1. The van der Waals surface area contributed by atoms with E-state index in [9.17, 15) is 40.7 Å². The summed E-state index contributed by atoms with van der Waals surface area (Å²) in [4.78, 5) is 42.7. The van der Waals surface area contributed by atoms with Gasteiger partial charge in [0.2, 0.25) is 18.0 Å². The van der Waals surface area contributed by atoms with Crippen molar-refractivity contribution in [3.63, 3.8) is 0 Å². The molecular formula is C26H26F6N4O3. The fraction of sp³-hybridized carbons (Fsp3) is 0.385. The number of rotatable bonds is 10. The van der Waals surface area contributed by atoms with Crippen LogP contribution in [0.3, 0.4) is 0 Å². The summed E-state index contributed by atoms with van der Waals surface area (Å²) < 4.78 is 77.0. The Bertz CT molecular complexity index is 1210. The molecule has 0 aromatic heterocycles. The van der Waals surface area contributed by atoms with Crippen molar-refractivity contribution >= 4 is 29.1 Å². The number of aliphatic imine (C=N–C) groups is 1. The van der Waals surface area contributed by atoms with E-state index < -0.39 is 80.2 Å². The van der Waals surface area contributed by atoms with Crippen molar-refractivity contribution in [3.8, 4) is 0 Å². The van der Waals surface area contributed by atoms with Gasteiger partial charge < -0.3 is 16.4 Å². The van der Waals surface area contributed by atoms with E-state index in [1.165, 1.54) is 0 Å². The Balaban J connectivity index is 1.93. The van der Waals surface area contributed by atoms with Crippen LogP contribution in [0.15, 0.2) is 59.6 Å². The second-order valence-electron chi connectivity index (χ2n) is 9.07. The lowest BCUT2D eigenvalue weighted by Gasteiger charge is -2.26. The largest absolute Gasteiger partial charge is 0.389 e. The van der Waals surface area contributed by atoms with Gasteiger partial charge in [0.05, 0.1) is 11.4 Å². The number of amides is 3. The van der Waals surface area contributed by atoms with Gasteiger partial charge in [-0.25, -0.2) is 4.99 Å². The van der Waals surface area contributed by atoms with Gasteiger partial charge in [0.15, 0.2) is 0 Å². The minimum atomic E-state index is -4.72. The number of primary amides is 1. The summed E-state index contributed by atoms with van der Waals surface area (Å²) >= 11 is 0. The average Bonchev–Trinajstić information content (AvgIpc) is 2.98. The van der Waals surface area contributed by atoms with Crippen molar-refractivity contribution in [2.75, 3.05) is 5.32 Å². The molecule has 1 heterocycles. The molecule has 2 aromatic carbocycles. The van der Waals surface area contributed by atoms with E-state index in [2.05, 4.69) is 15.6 Å². The quantitative estimate of drug-likeness (QED) is 0.369. The van der Waals surface area contributed by atoms with Crippen LogP contribution in [-0.2, 0) is 14.4 Å². The first-order valence-corrected chi connectivity index (χ1v) is 12.0. The number of nitrogens with one attached hydrogen (secondary N) is 2. The maximum absolute atomic E-state index is 13.3. The van der Waals surface area contributed by atoms with E-state index >= 15 is 0 Å². The van der Waals surface area contributed by atoms with E-state index in [1.54, 1.807) is 54.6 Å². The predicted octanol–water partition coefficient (Wildman–Crippen LogP) is 4.71. The Morgan fingerprint density at radius 2 is 1.51 bits per heavy atom. The molecule has 4 N–H and O–H groups in total. The molecule has 3 atom stereocenters.